The molecule has 1 aliphatic rings. The fraction of sp³-hybridized carbons (Fsp3) is 0.294. The van der Waals surface area contributed by atoms with E-state index in [0.717, 1.165) is 23.3 Å². The van der Waals surface area contributed by atoms with E-state index in [2.05, 4.69) is 6.92 Å². The summed E-state index contributed by atoms with van der Waals surface area (Å²) in [5.74, 6) is 0.791. The molecule has 3 nitrogen and oxygen atoms in total. The van der Waals surface area contributed by atoms with Gasteiger partial charge in [-0.15, -0.1) is 11.8 Å². The van der Waals surface area contributed by atoms with Crippen molar-refractivity contribution in [3.05, 3.63) is 64.7 Å². The molecule has 6 heteroatoms. The average Bonchev–Trinajstić information content (AvgIpc) is 3.06. The number of hydrogen-bond acceptors (Lipinski definition) is 3. The van der Waals surface area contributed by atoms with Gasteiger partial charge in [-0.1, -0.05) is 42.8 Å². The number of halogens is 1. The van der Waals surface area contributed by atoms with Crippen molar-refractivity contribution in [3.8, 4) is 0 Å². The smallest absolute Gasteiger partial charge is 0.207 e. The number of rotatable bonds is 4. The van der Waals surface area contributed by atoms with Gasteiger partial charge in [-0.25, -0.2) is 8.42 Å². The standard InChI is InChI=1S/C17H18ClNO2S2/c1-2-13-3-9-16(10-4-13)23(20,21)19-11-12-22-17(19)14-5-7-15(18)8-6-14/h3-10,17H,2,11-12H2,1H3/t17-/m0/s1. The Hall–Kier alpha value is -1.01. The molecule has 0 aromatic heterocycles. The van der Waals surface area contributed by atoms with Crippen LogP contribution in [0.25, 0.3) is 0 Å². The molecular weight excluding hydrogens is 350 g/mol. The Kier molecular flexibility index (Phi) is 5.01. The highest BCUT2D eigenvalue weighted by atomic mass is 35.5. The molecule has 1 aliphatic heterocycles. The average molecular weight is 368 g/mol. The monoisotopic (exact) mass is 367 g/mol. The van der Waals surface area contributed by atoms with Gasteiger partial charge in [0.1, 0.15) is 0 Å². The zero-order chi connectivity index (χ0) is 16.4. The second kappa shape index (κ2) is 6.85. The number of hydrogen-bond donors (Lipinski definition) is 0. The normalized spacial score (nSPS) is 19.1. The molecule has 0 radical (unpaired) electrons. The molecule has 2 aromatic rings. The summed E-state index contributed by atoms with van der Waals surface area (Å²) in [4.78, 5) is 0.358. The molecule has 0 amide bonds. The lowest BCUT2D eigenvalue weighted by Crippen LogP contribution is -2.30. The van der Waals surface area contributed by atoms with Crippen LogP contribution in [0.5, 0.6) is 0 Å². The third-order valence-corrected chi connectivity index (χ3v) is 7.47. The van der Waals surface area contributed by atoms with Crippen LogP contribution in [0.3, 0.4) is 0 Å². The number of nitrogens with zero attached hydrogens (tertiary/aromatic N) is 1. The molecule has 2 aromatic carbocycles. The summed E-state index contributed by atoms with van der Waals surface area (Å²) in [6.07, 6.45) is 0.896. The van der Waals surface area contributed by atoms with Crippen LogP contribution in [0.1, 0.15) is 23.4 Å². The molecule has 3 rings (SSSR count). The topological polar surface area (TPSA) is 37.4 Å². The zero-order valence-electron chi connectivity index (χ0n) is 12.8. The van der Waals surface area contributed by atoms with Crippen LogP contribution >= 0.6 is 23.4 Å². The first-order chi connectivity index (χ1) is 11.0. The Bertz CT molecular complexity index is 773. The minimum absolute atomic E-state index is 0.192. The Balaban J connectivity index is 1.92. The van der Waals surface area contributed by atoms with E-state index < -0.39 is 10.0 Å². The maximum absolute atomic E-state index is 13.0. The van der Waals surface area contributed by atoms with Gasteiger partial charge in [0.2, 0.25) is 10.0 Å². The minimum Gasteiger partial charge on any atom is -0.207 e. The van der Waals surface area contributed by atoms with Crippen molar-refractivity contribution >= 4 is 33.4 Å². The van der Waals surface area contributed by atoms with Crippen LogP contribution in [0.15, 0.2) is 53.4 Å². The molecule has 122 valence electrons. The highest BCUT2D eigenvalue weighted by Gasteiger charge is 2.36. The Morgan fingerprint density at radius 2 is 1.78 bits per heavy atom. The van der Waals surface area contributed by atoms with Gasteiger partial charge in [-0.05, 0) is 41.8 Å². The van der Waals surface area contributed by atoms with E-state index in [1.165, 1.54) is 0 Å². The van der Waals surface area contributed by atoms with Gasteiger partial charge < -0.3 is 0 Å². The van der Waals surface area contributed by atoms with Gasteiger partial charge in [0.15, 0.2) is 0 Å². The van der Waals surface area contributed by atoms with Crippen molar-refractivity contribution in [2.75, 3.05) is 12.3 Å². The minimum atomic E-state index is -3.49. The summed E-state index contributed by atoms with van der Waals surface area (Å²) >= 11 is 7.57. The summed E-state index contributed by atoms with van der Waals surface area (Å²) in [7, 11) is -3.49. The van der Waals surface area contributed by atoms with Crippen LogP contribution in [0.2, 0.25) is 5.02 Å². The van der Waals surface area contributed by atoms with E-state index >= 15 is 0 Å². The Morgan fingerprint density at radius 1 is 1.13 bits per heavy atom. The van der Waals surface area contributed by atoms with Crippen LogP contribution in [-0.4, -0.2) is 25.0 Å². The molecule has 0 spiro atoms. The summed E-state index contributed by atoms with van der Waals surface area (Å²) in [5, 5.41) is 0.462. The fourth-order valence-electron chi connectivity index (χ4n) is 2.62. The summed E-state index contributed by atoms with van der Waals surface area (Å²) in [6, 6.07) is 14.6. The third kappa shape index (κ3) is 3.43. The molecule has 1 saturated heterocycles. The Morgan fingerprint density at radius 3 is 2.39 bits per heavy atom. The predicted molar refractivity (Wildman–Crippen MR) is 96.4 cm³/mol. The van der Waals surface area contributed by atoms with Crippen LogP contribution < -0.4 is 0 Å². The number of sulfonamides is 1. The molecule has 0 bridgehead atoms. The lowest BCUT2D eigenvalue weighted by atomic mass is 10.2. The molecule has 0 aliphatic carbocycles. The van der Waals surface area contributed by atoms with Gasteiger partial charge in [-0.3, -0.25) is 0 Å². The van der Waals surface area contributed by atoms with Crippen molar-refractivity contribution in [2.45, 2.75) is 23.6 Å². The quantitative estimate of drug-likeness (QED) is 0.806. The van der Waals surface area contributed by atoms with Crippen molar-refractivity contribution in [2.24, 2.45) is 0 Å². The maximum atomic E-state index is 13.0. The molecule has 1 heterocycles. The zero-order valence-corrected chi connectivity index (χ0v) is 15.2. The maximum Gasteiger partial charge on any atom is 0.244 e. The molecule has 1 fully saturated rings. The third-order valence-electron chi connectivity index (χ3n) is 3.94. The van der Waals surface area contributed by atoms with Crippen molar-refractivity contribution in [1.29, 1.82) is 0 Å². The van der Waals surface area contributed by atoms with E-state index in [4.69, 9.17) is 11.6 Å². The highest BCUT2D eigenvalue weighted by molar-refractivity contribution is 8.01. The molecule has 23 heavy (non-hydrogen) atoms. The number of benzene rings is 2. The number of thioether (sulfide) groups is 1. The van der Waals surface area contributed by atoms with Gasteiger partial charge in [-0.2, -0.15) is 4.31 Å². The van der Waals surface area contributed by atoms with Crippen molar-refractivity contribution in [1.82, 2.24) is 4.31 Å². The van der Waals surface area contributed by atoms with Crippen LogP contribution in [0.4, 0.5) is 0 Å². The number of aryl methyl sites for hydroxylation is 1. The molecule has 0 saturated carbocycles. The molecule has 0 N–H and O–H groups in total. The van der Waals surface area contributed by atoms with E-state index in [1.807, 2.05) is 24.3 Å². The van der Waals surface area contributed by atoms with Gasteiger partial charge in [0.05, 0.1) is 10.3 Å². The van der Waals surface area contributed by atoms with E-state index in [1.54, 1.807) is 40.3 Å². The van der Waals surface area contributed by atoms with Crippen LogP contribution in [0, 0.1) is 0 Å². The molecular formula is C17H18ClNO2S2. The first-order valence-corrected chi connectivity index (χ1v) is 10.4. The lowest BCUT2D eigenvalue weighted by molar-refractivity contribution is 0.434. The molecule has 1 atom stereocenters. The lowest BCUT2D eigenvalue weighted by Gasteiger charge is -2.23. The second-order valence-electron chi connectivity index (χ2n) is 5.39. The van der Waals surface area contributed by atoms with Crippen LogP contribution in [-0.2, 0) is 16.4 Å². The SMILES string of the molecule is CCc1ccc(S(=O)(=O)N2CCS[C@H]2c2ccc(Cl)cc2)cc1. The highest BCUT2D eigenvalue weighted by Crippen LogP contribution is 2.41. The van der Waals surface area contributed by atoms with E-state index in [-0.39, 0.29) is 5.37 Å². The fourth-order valence-corrected chi connectivity index (χ4v) is 5.99. The van der Waals surface area contributed by atoms with Gasteiger partial charge in [0.25, 0.3) is 0 Å². The van der Waals surface area contributed by atoms with Gasteiger partial charge >= 0.3 is 0 Å². The summed E-state index contributed by atoms with van der Waals surface area (Å²) in [5.41, 5.74) is 2.10. The van der Waals surface area contributed by atoms with Crippen molar-refractivity contribution < 1.29 is 8.42 Å². The summed E-state index contributed by atoms with van der Waals surface area (Å²) in [6.45, 7) is 2.58. The van der Waals surface area contributed by atoms with Gasteiger partial charge in [0, 0.05) is 17.3 Å². The summed E-state index contributed by atoms with van der Waals surface area (Å²) < 4.78 is 27.5. The van der Waals surface area contributed by atoms with Crippen molar-refractivity contribution in [3.63, 3.8) is 0 Å². The Labute approximate surface area is 146 Å². The first kappa shape index (κ1) is 16.8. The second-order valence-corrected chi connectivity index (χ2v) is 8.90. The van der Waals surface area contributed by atoms with E-state index in [0.29, 0.717) is 16.5 Å². The molecule has 0 unspecified atom stereocenters. The first-order valence-electron chi connectivity index (χ1n) is 7.50. The van der Waals surface area contributed by atoms with E-state index in [9.17, 15) is 8.42 Å². The largest absolute Gasteiger partial charge is 0.244 e. The predicted octanol–water partition coefficient (Wildman–Crippen LogP) is 4.34.